The number of nitrogens with one attached hydrogen (secondary N) is 1. The van der Waals surface area contributed by atoms with Crippen LogP contribution in [-0.4, -0.2) is 29.1 Å². The van der Waals surface area contributed by atoms with Gasteiger partial charge in [-0.05, 0) is 43.0 Å². The number of aliphatic carboxylic acids is 1. The van der Waals surface area contributed by atoms with Crippen LogP contribution in [0.5, 0.6) is 5.88 Å². The van der Waals surface area contributed by atoms with Gasteiger partial charge in [0.1, 0.15) is 11.3 Å². The highest BCUT2D eigenvalue weighted by molar-refractivity contribution is 5.97. The number of methoxy groups -OCH3 is 1. The van der Waals surface area contributed by atoms with E-state index < -0.39 is 17.9 Å². The Morgan fingerprint density at radius 3 is 2.96 bits per heavy atom. The summed E-state index contributed by atoms with van der Waals surface area (Å²) in [5.74, 6) is -0.826. The lowest BCUT2D eigenvalue weighted by Gasteiger charge is -2.16. The van der Waals surface area contributed by atoms with Crippen LogP contribution in [-0.2, 0) is 17.6 Å². The molecule has 2 aromatic rings. The van der Waals surface area contributed by atoms with E-state index in [1.165, 1.54) is 13.4 Å². The normalized spacial score (nSPS) is 14.0. The molecule has 0 unspecified atom stereocenters. The molecular formula is C17H18N2O5. The Kier molecular flexibility index (Phi) is 4.50. The van der Waals surface area contributed by atoms with Gasteiger partial charge in [0.05, 0.1) is 25.8 Å². The van der Waals surface area contributed by atoms with Gasteiger partial charge in [-0.1, -0.05) is 0 Å². The second-order valence-electron chi connectivity index (χ2n) is 5.64. The second kappa shape index (κ2) is 6.74. The minimum absolute atomic E-state index is 0.252. The number of carbonyl (C=O) groups is 2. The molecule has 0 saturated heterocycles. The number of carbonyl (C=O) groups excluding carboxylic acids is 1. The summed E-state index contributed by atoms with van der Waals surface area (Å²) < 4.78 is 10.5. The minimum atomic E-state index is -1.03. The summed E-state index contributed by atoms with van der Waals surface area (Å²) in [7, 11) is 1.46. The summed E-state index contributed by atoms with van der Waals surface area (Å²) in [6.07, 6.45) is 3.92. The lowest BCUT2D eigenvalue weighted by Crippen LogP contribution is -2.30. The predicted molar refractivity (Wildman–Crippen MR) is 84.0 cm³/mol. The third kappa shape index (κ3) is 3.24. The summed E-state index contributed by atoms with van der Waals surface area (Å²) in [5, 5.41) is 11.8. The number of carboxylic acid groups (broad SMARTS) is 1. The van der Waals surface area contributed by atoms with Crippen LogP contribution < -0.4 is 10.1 Å². The van der Waals surface area contributed by atoms with Crippen LogP contribution >= 0.6 is 0 Å². The molecule has 0 radical (unpaired) electrons. The Balaban J connectivity index is 1.86. The Bertz CT molecular complexity index is 755. The van der Waals surface area contributed by atoms with Gasteiger partial charge in [-0.25, -0.2) is 4.98 Å². The maximum atomic E-state index is 12.6. The van der Waals surface area contributed by atoms with E-state index in [0.717, 1.165) is 30.5 Å². The van der Waals surface area contributed by atoms with E-state index in [1.54, 1.807) is 18.2 Å². The van der Waals surface area contributed by atoms with Gasteiger partial charge in [0.25, 0.3) is 5.91 Å². The highest BCUT2D eigenvalue weighted by Gasteiger charge is 2.25. The lowest BCUT2D eigenvalue weighted by molar-refractivity contribution is -0.137. The summed E-state index contributed by atoms with van der Waals surface area (Å²) in [6, 6.07) is 4.30. The maximum absolute atomic E-state index is 12.6. The smallest absolute Gasteiger partial charge is 0.305 e. The molecule has 0 fully saturated rings. The van der Waals surface area contributed by atoms with Crippen molar-refractivity contribution in [1.29, 1.82) is 0 Å². The quantitative estimate of drug-likeness (QED) is 0.841. The van der Waals surface area contributed by atoms with Crippen molar-refractivity contribution in [3.05, 3.63) is 47.0 Å². The number of amides is 1. The topological polar surface area (TPSA) is 102 Å². The number of ether oxygens (including phenoxy) is 1. The highest BCUT2D eigenvalue weighted by atomic mass is 16.5. The van der Waals surface area contributed by atoms with Crippen molar-refractivity contribution in [3.8, 4) is 5.88 Å². The summed E-state index contributed by atoms with van der Waals surface area (Å²) in [5.41, 5.74) is 2.30. The van der Waals surface area contributed by atoms with Crippen LogP contribution in [0.1, 0.15) is 46.3 Å². The molecular weight excluding hydrogens is 312 g/mol. The van der Waals surface area contributed by atoms with Crippen molar-refractivity contribution in [2.24, 2.45) is 0 Å². The van der Waals surface area contributed by atoms with Crippen LogP contribution in [0.4, 0.5) is 0 Å². The molecule has 3 rings (SSSR count). The molecule has 0 aliphatic heterocycles. The first-order valence-corrected chi connectivity index (χ1v) is 7.71. The average molecular weight is 330 g/mol. The SMILES string of the molecule is COc1nc2c(cc1C(=O)N[C@H](CC(=O)O)c1ccco1)CCC2. The zero-order valence-electron chi connectivity index (χ0n) is 13.2. The van der Waals surface area contributed by atoms with Crippen LogP contribution in [0.15, 0.2) is 28.9 Å². The van der Waals surface area contributed by atoms with Gasteiger partial charge in [-0.15, -0.1) is 0 Å². The number of nitrogens with zero attached hydrogens (tertiary/aromatic N) is 1. The zero-order chi connectivity index (χ0) is 17.1. The molecule has 1 atom stereocenters. The van der Waals surface area contributed by atoms with Gasteiger partial charge in [0.15, 0.2) is 0 Å². The van der Waals surface area contributed by atoms with E-state index in [0.29, 0.717) is 11.3 Å². The summed E-state index contributed by atoms with van der Waals surface area (Å²) in [4.78, 5) is 28.1. The molecule has 1 amide bonds. The lowest BCUT2D eigenvalue weighted by atomic mass is 10.1. The maximum Gasteiger partial charge on any atom is 0.305 e. The van der Waals surface area contributed by atoms with E-state index in [1.807, 2.05) is 0 Å². The molecule has 1 aliphatic carbocycles. The van der Waals surface area contributed by atoms with Crippen LogP contribution in [0.25, 0.3) is 0 Å². The molecule has 2 N–H and O–H groups in total. The molecule has 7 nitrogen and oxygen atoms in total. The minimum Gasteiger partial charge on any atom is -0.481 e. The largest absolute Gasteiger partial charge is 0.481 e. The molecule has 0 aromatic carbocycles. The first-order valence-electron chi connectivity index (χ1n) is 7.71. The molecule has 0 saturated carbocycles. The fourth-order valence-electron chi connectivity index (χ4n) is 2.89. The Hall–Kier alpha value is -2.83. The standard InChI is InChI=1S/C17H18N2O5/c1-23-17-11(8-10-4-2-5-12(10)19-17)16(22)18-13(9-15(20)21)14-6-3-7-24-14/h3,6-8,13H,2,4-5,9H2,1H3,(H,18,22)(H,20,21)/t13-/m1/s1. The molecule has 1 aliphatic rings. The van der Waals surface area contributed by atoms with E-state index in [4.69, 9.17) is 14.3 Å². The van der Waals surface area contributed by atoms with Crippen molar-refractivity contribution in [3.63, 3.8) is 0 Å². The van der Waals surface area contributed by atoms with Crippen molar-refractivity contribution >= 4 is 11.9 Å². The molecule has 0 bridgehead atoms. The van der Waals surface area contributed by atoms with Crippen LogP contribution in [0.3, 0.4) is 0 Å². The van der Waals surface area contributed by atoms with E-state index >= 15 is 0 Å². The van der Waals surface area contributed by atoms with Crippen molar-refractivity contribution < 1.29 is 23.8 Å². The third-order valence-corrected chi connectivity index (χ3v) is 4.02. The molecule has 2 heterocycles. The van der Waals surface area contributed by atoms with E-state index in [9.17, 15) is 9.59 Å². The fourth-order valence-corrected chi connectivity index (χ4v) is 2.89. The first-order chi connectivity index (χ1) is 11.6. The number of pyridine rings is 1. The summed E-state index contributed by atoms with van der Waals surface area (Å²) in [6.45, 7) is 0. The monoisotopic (exact) mass is 330 g/mol. The van der Waals surface area contributed by atoms with Crippen molar-refractivity contribution in [2.45, 2.75) is 31.7 Å². The van der Waals surface area contributed by atoms with Gasteiger partial charge < -0.3 is 19.6 Å². The number of hydrogen-bond acceptors (Lipinski definition) is 5. The first kappa shape index (κ1) is 16.0. The molecule has 126 valence electrons. The van der Waals surface area contributed by atoms with Crippen molar-refractivity contribution in [1.82, 2.24) is 10.3 Å². The van der Waals surface area contributed by atoms with Crippen LogP contribution in [0.2, 0.25) is 0 Å². The highest BCUT2D eigenvalue weighted by Crippen LogP contribution is 2.27. The van der Waals surface area contributed by atoms with Gasteiger partial charge in [0.2, 0.25) is 5.88 Å². The summed E-state index contributed by atoms with van der Waals surface area (Å²) >= 11 is 0. The number of aryl methyl sites for hydroxylation is 2. The molecule has 7 heteroatoms. The van der Waals surface area contributed by atoms with Crippen LogP contribution in [0, 0.1) is 0 Å². The number of furan rings is 1. The Morgan fingerprint density at radius 1 is 1.46 bits per heavy atom. The van der Waals surface area contributed by atoms with E-state index in [2.05, 4.69) is 10.3 Å². The number of aromatic nitrogens is 1. The molecule has 2 aromatic heterocycles. The Labute approximate surface area is 138 Å². The van der Waals surface area contributed by atoms with Crippen molar-refractivity contribution in [2.75, 3.05) is 7.11 Å². The average Bonchev–Trinajstić information content (AvgIpc) is 3.23. The molecule has 0 spiro atoms. The molecule has 24 heavy (non-hydrogen) atoms. The fraction of sp³-hybridized carbons (Fsp3) is 0.353. The Morgan fingerprint density at radius 2 is 2.29 bits per heavy atom. The van der Waals surface area contributed by atoms with Gasteiger partial charge in [-0.2, -0.15) is 0 Å². The second-order valence-corrected chi connectivity index (χ2v) is 5.64. The van der Waals surface area contributed by atoms with E-state index in [-0.39, 0.29) is 12.3 Å². The predicted octanol–water partition coefficient (Wildman–Crippen LogP) is 2.12. The van der Waals surface area contributed by atoms with Gasteiger partial charge >= 0.3 is 5.97 Å². The number of carboxylic acids is 1. The number of rotatable bonds is 6. The third-order valence-electron chi connectivity index (χ3n) is 4.02. The number of fused-ring (bicyclic) bond motifs is 1. The van der Waals surface area contributed by atoms with Gasteiger partial charge in [-0.3, -0.25) is 9.59 Å². The zero-order valence-corrected chi connectivity index (χ0v) is 13.2. The number of hydrogen-bond donors (Lipinski definition) is 2. The van der Waals surface area contributed by atoms with Gasteiger partial charge in [0, 0.05) is 5.69 Å².